The van der Waals surface area contributed by atoms with Crippen molar-refractivity contribution in [3.05, 3.63) is 53.0 Å². The van der Waals surface area contributed by atoms with Crippen molar-refractivity contribution in [2.75, 3.05) is 38.1 Å². The summed E-state index contributed by atoms with van der Waals surface area (Å²) in [5.41, 5.74) is 2.97. The van der Waals surface area contributed by atoms with E-state index in [1.54, 1.807) is 6.07 Å². The third kappa shape index (κ3) is 4.04. The first kappa shape index (κ1) is 17.5. The fourth-order valence-electron chi connectivity index (χ4n) is 3.14. The number of carbonyl (C=O) groups is 1. The molecule has 3 rings (SSSR count). The Morgan fingerprint density at radius 1 is 1.20 bits per heavy atom. The Morgan fingerprint density at radius 3 is 2.84 bits per heavy atom. The van der Waals surface area contributed by atoms with Crippen molar-refractivity contribution in [3.63, 3.8) is 0 Å². The van der Waals surface area contributed by atoms with Crippen molar-refractivity contribution in [1.82, 2.24) is 14.9 Å². The number of anilines is 1. The maximum absolute atomic E-state index is 13.0. The zero-order valence-electron chi connectivity index (χ0n) is 15.3. The largest absolute Gasteiger partial charge is 0.355 e. The summed E-state index contributed by atoms with van der Waals surface area (Å²) in [5.74, 6) is 0.840. The standard InChI is InChI=1S/C20H26N4O/c1-4-16-13-17(15(2)21-14-16)20(25)18-7-5-8-19(22-18)24-10-6-9-23(3)11-12-24/h5,7-8,13-14H,4,6,9-12H2,1-3H3. The molecule has 5 nitrogen and oxygen atoms in total. The Kier molecular flexibility index (Phi) is 5.43. The smallest absolute Gasteiger partial charge is 0.213 e. The van der Waals surface area contributed by atoms with Crippen LogP contribution >= 0.6 is 0 Å². The summed E-state index contributed by atoms with van der Waals surface area (Å²) in [6.07, 6.45) is 3.81. The molecule has 0 spiro atoms. The van der Waals surface area contributed by atoms with Gasteiger partial charge in [-0.3, -0.25) is 9.78 Å². The fourth-order valence-corrected chi connectivity index (χ4v) is 3.14. The molecule has 25 heavy (non-hydrogen) atoms. The fraction of sp³-hybridized carbons (Fsp3) is 0.450. The van der Waals surface area contributed by atoms with E-state index in [0.29, 0.717) is 11.3 Å². The number of likely N-dealkylation sites (N-methyl/N-ethyl adjacent to an activating group) is 1. The molecule has 1 fully saturated rings. The predicted molar refractivity (Wildman–Crippen MR) is 100 cm³/mol. The second kappa shape index (κ2) is 7.74. The molecule has 1 aliphatic heterocycles. The van der Waals surface area contributed by atoms with Gasteiger partial charge in [-0.15, -0.1) is 0 Å². The maximum Gasteiger partial charge on any atom is 0.213 e. The number of aromatic nitrogens is 2. The second-order valence-corrected chi connectivity index (χ2v) is 6.68. The molecule has 0 saturated carbocycles. The van der Waals surface area contributed by atoms with Gasteiger partial charge in [-0.2, -0.15) is 0 Å². The summed E-state index contributed by atoms with van der Waals surface area (Å²) < 4.78 is 0. The molecule has 0 unspecified atom stereocenters. The maximum atomic E-state index is 13.0. The van der Waals surface area contributed by atoms with Crippen LogP contribution in [0.4, 0.5) is 5.82 Å². The van der Waals surface area contributed by atoms with Crippen molar-refractivity contribution in [1.29, 1.82) is 0 Å². The lowest BCUT2D eigenvalue weighted by atomic mass is 10.0. The molecule has 5 heteroatoms. The summed E-state index contributed by atoms with van der Waals surface area (Å²) in [5, 5.41) is 0. The monoisotopic (exact) mass is 338 g/mol. The molecular formula is C20H26N4O. The van der Waals surface area contributed by atoms with Crippen LogP contribution in [0.5, 0.6) is 0 Å². The van der Waals surface area contributed by atoms with Gasteiger partial charge in [-0.1, -0.05) is 13.0 Å². The van der Waals surface area contributed by atoms with Gasteiger partial charge in [0.1, 0.15) is 11.5 Å². The van der Waals surface area contributed by atoms with Crippen LogP contribution in [-0.2, 0) is 6.42 Å². The zero-order chi connectivity index (χ0) is 17.8. The van der Waals surface area contributed by atoms with Gasteiger partial charge in [-0.25, -0.2) is 4.98 Å². The van der Waals surface area contributed by atoms with Crippen molar-refractivity contribution in [3.8, 4) is 0 Å². The number of pyridine rings is 2. The molecule has 2 aromatic rings. The van der Waals surface area contributed by atoms with Gasteiger partial charge >= 0.3 is 0 Å². The van der Waals surface area contributed by atoms with Crippen molar-refractivity contribution >= 4 is 11.6 Å². The quantitative estimate of drug-likeness (QED) is 0.802. The van der Waals surface area contributed by atoms with Crippen molar-refractivity contribution < 1.29 is 4.79 Å². The van der Waals surface area contributed by atoms with Crippen LogP contribution in [-0.4, -0.2) is 53.9 Å². The van der Waals surface area contributed by atoms with E-state index in [1.165, 1.54) is 0 Å². The molecule has 0 atom stereocenters. The number of hydrogen-bond acceptors (Lipinski definition) is 5. The third-order valence-electron chi connectivity index (χ3n) is 4.81. The first-order valence-corrected chi connectivity index (χ1v) is 8.99. The van der Waals surface area contributed by atoms with Crippen LogP contribution in [0.3, 0.4) is 0 Å². The highest BCUT2D eigenvalue weighted by molar-refractivity contribution is 6.08. The second-order valence-electron chi connectivity index (χ2n) is 6.68. The Balaban J connectivity index is 1.87. The minimum atomic E-state index is -0.0471. The van der Waals surface area contributed by atoms with Crippen molar-refractivity contribution in [2.24, 2.45) is 0 Å². The van der Waals surface area contributed by atoms with Crippen LogP contribution in [0.15, 0.2) is 30.5 Å². The molecule has 0 amide bonds. The average molecular weight is 338 g/mol. The number of hydrogen-bond donors (Lipinski definition) is 0. The highest BCUT2D eigenvalue weighted by Crippen LogP contribution is 2.18. The van der Waals surface area contributed by atoms with Crippen molar-refractivity contribution in [2.45, 2.75) is 26.7 Å². The van der Waals surface area contributed by atoms with Gasteiger partial charge < -0.3 is 9.80 Å². The van der Waals surface area contributed by atoms with Gasteiger partial charge in [0, 0.05) is 37.1 Å². The first-order valence-electron chi connectivity index (χ1n) is 8.99. The van der Waals surface area contributed by atoms with E-state index in [9.17, 15) is 4.79 Å². The molecular weight excluding hydrogens is 312 g/mol. The van der Waals surface area contributed by atoms with Gasteiger partial charge in [0.05, 0.1) is 0 Å². The van der Waals surface area contributed by atoms with E-state index < -0.39 is 0 Å². The molecule has 3 heterocycles. The van der Waals surface area contributed by atoms with E-state index in [4.69, 9.17) is 0 Å². The third-order valence-corrected chi connectivity index (χ3v) is 4.81. The van der Waals surface area contributed by atoms with Crippen LogP contribution in [0.2, 0.25) is 0 Å². The normalized spacial score (nSPS) is 15.9. The molecule has 0 radical (unpaired) electrons. The molecule has 0 N–H and O–H groups in total. The number of rotatable bonds is 4. The summed E-state index contributed by atoms with van der Waals surface area (Å²) in [6.45, 7) is 7.97. The summed E-state index contributed by atoms with van der Waals surface area (Å²) >= 11 is 0. The zero-order valence-corrected chi connectivity index (χ0v) is 15.3. The summed E-state index contributed by atoms with van der Waals surface area (Å²) in [4.78, 5) is 26.6. The molecule has 1 saturated heterocycles. The minimum absolute atomic E-state index is 0.0471. The lowest BCUT2D eigenvalue weighted by Crippen LogP contribution is -2.29. The van der Waals surface area contributed by atoms with Gasteiger partial charge in [0.2, 0.25) is 5.78 Å². The summed E-state index contributed by atoms with van der Waals surface area (Å²) in [6, 6.07) is 7.67. The van der Waals surface area contributed by atoms with Gasteiger partial charge in [-0.05, 0) is 57.1 Å². The van der Waals surface area contributed by atoms with E-state index >= 15 is 0 Å². The van der Waals surface area contributed by atoms with E-state index in [2.05, 4.69) is 33.7 Å². The predicted octanol–water partition coefficient (Wildman–Crippen LogP) is 2.72. The minimum Gasteiger partial charge on any atom is -0.355 e. The Labute approximate surface area is 149 Å². The van der Waals surface area contributed by atoms with Crippen LogP contribution < -0.4 is 4.90 Å². The molecule has 1 aliphatic rings. The summed E-state index contributed by atoms with van der Waals surface area (Å²) in [7, 11) is 2.15. The highest BCUT2D eigenvalue weighted by Gasteiger charge is 2.18. The van der Waals surface area contributed by atoms with E-state index in [1.807, 2.05) is 31.3 Å². The first-order chi connectivity index (χ1) is 12.1. The average Bonchev–Trinajstić information content (AvgIpc) is 2.86. The number of carbonyl (C=O) groups excluding carboxylic acids is 1. The topological polar surface area (TPSA) is 49.3 Å². The SMILES string of the molecule is CCc1cnc(C)c(C(=O)c2cccc(N3CCCN(C)CC3)n2)c1. The van der Waals surface area contributed by atoms with Crippen LogP contribution in [0, 0.1) is 6.92 Å². The van der Waals surface area contributed by atoms with Crippen LogP contribution in [0.25, 0.3) is 0 Å². The van der Waals surface area contributed by atoms with E-state index in [-0.39, 0.29) is 5.78 Å². The molecule has 0 aliphatic carbocycles. The number of nitrogens with zero attached hydrogens (tertiary/aromatic N) is 4. The number of aryl methyl sites for hydroxylation is 2. The van der Waals surface area contributed by atoms with Gasteiger partial charge in [0.25, 0.3) is 0 Å². The van der Waals surface area contributed by atoms with Crippen LogP contribution in [0.1, 0.15) is 40.7 Å². The Hall–Kier alpha value is -2.27. The Bertz CT molecular complexity index is 759. The van der Waals surface area contributed by atoms with Gasteiger partial charge in [0.15, 0.2) is 0 Å². The lowest BCUT2D eigenvalue weighted by Gasteiger charge is -2.22. The highest BCUT2D eigenvalue weighted by atomic mass is 16.1. The van der Waals surface area contributed by atoms with E-state index in [0.717, 1.165) is 56.1 Å². The molecule has 0 bridgehead atoms. The molecule has 132 valence electrons. The Morgan fingerprint density at radius 2 is 2.04 bits per heavy atom. The number of ketones is 1. The molecule has 0 aromatic carbocycles. The molecule has 2 aromatic heterocycles. The lowest BCUT2D eigenvalue weighted by molar-refractivity contribution is 0.103.